The summed E-state index contributed by atoms with van der Waals surface area (Å²) in [5.41, 5.74) is 5.97. The molecule has 4 aliphatic heterocycles. The van der Waals surface area contributed by atoms with Gasteiger partial charge in [0.05, 0.1) is 64.1 Å². The van der Waals surface area contributed by atoms with Crippen LogP contribution in [0, 0.1) is 0 Å². The molecule has 8 rings (SSSR count). The first kappa shape index (κ1) is 53.8. The maximum absolute atomic E-state index is 13.1. The fourth-order valence-corrected chi connectivity index (χ4v) is 11.5. The lowest BCUT2D eigenvalue weighted by atomic mass is 10.0. The summed E-state index contributed by atoms with van der Waals surface area (Å²) < 4.78 is 41.5. The van der Waals surface area contributed by atoms with Crippen LogP contribution in [-0.2, 0) is 57.3 Å². The van der Waals surface area contributed by atoms with Crippen molar-refractivity contribution in [1.82, 2.24) is 30.0 Å². The van der Waals surface area contributed by atoms with Gasteiger partial charge in [0.15, 0.2) is 0 Å². The van der Waals surface area contributed by atoms with E-state index in [4.69, 9.17) is 40.3 Å². The summed E-state index contributed by atoms with van der Waals surface area (Å²) in [5, 5.41) is 6.99. The molecule has 73 heavy (non-hydrogen) atoms. The van der Waals surface area contributed by atoms with E-state index in [-0.39, 0.29) is 30.7 Å². The smallest absolute Gasteiger partial charge is 0.255 e. The van der Waals surface area contributed by atoms with Gasteiger partial charge in [0, 0.05) is 123 Å². The van der Waals surface area contributed by atoms with E-state index in [0.29, 0.717) is 120 Å². The van der Waals surface area contributed by atoms with Gasteiger partial charge in [-0.3, -0.25) is 29.4 Å². The second kappa shape index (κ2) is 25.7. The molecule has 3 fully saturated rings. The van der Waals surface area contributed by atoms with Crippen LogP contribution in [0.3, 0.4) is 0 Å². The molecule has 4 amide bonds. The van der Waals surface area contributed by atoms with E-state index in [1.54, 1.807) is 37.6 Å². The fourth-order valence-electron chi connectivity index (χ4n) is 10.0. The molecule has 392 valence electrons. The van der Waals surface area contributed by atoms with Crippen LogP contribution in [0.5, 0.6) is 5.75 Å². The first-order valence-corrected chi connectivity index (χ1v) is 28.2. The van der Waals surface area contributed by atoms with Crippen molar-refractivity contribution in [1.29, 1.82) is 0 Å². The Labute approximate surface area is 432 Å². The lowest BCUT2D eigenvalue weighted by molar-refractivity contribution is -0.139. The number of piperazine rings is 1. The van der Waals surface area contributed by atoms with Crippen molar-refractivity contribution < 1.29 is 47.4 Å². The highest BCUT2D eigenvalue weighted by Crippen LogP contribution is 2.37. The van der Waals surface area contributed by atoms with Crippen molar-refractivity contribution in [3.63, 3.8) is 0 Å². The van der Waals surface area contributed by atoms with Gasteiger partial charge in [-0.25, -0.2) is 9.97 Å². The molecule has 0 aliphatic carbocycles. The number of rotatable bonds is 24. The van der Waals surface area contributed by atoms with Crippen molar-refractivity contribution in [2.75, 3.05) is 129 Å². The molecule has 1 aromatic heterocycles. The monoisotopic (exact) mass is 1040 g/mol. The minimum atomic E-state index is -2.48. The first-order chi connectivity index (χ1) is 35.4. The van der Waals surface area contributed by atoms with Gasteiger partial charge >= 0.3 is 0 Å². The van der Waals surface area contributed by atoms with Crippen LogP contribution in [0.2, 0.25) is 5.02 Å². The van der Waals surface area contributed by atoms with Crippen LogP contribution in [0.25, 0.3) is 0 Å². The molecule has 2 N–H and O–H groups in total. The molecule has 0 bridgehead atoms. The standard InChI is InChI=1S/C53H68ClN8O10P/c1-68-47-33-40(12-11-37(47)32-49-56-34-43(54)45(57-49)31-38-7-4-5-10-48(38)73(2,3)67)59-18-15-39(16-19-59)60-20-22-61(23-21-60)51(64)36-72-30-29-71-28-27-70-26-25-69-24-17-55-44-9-6-8-41-42(44)35-62(53(41)66)46-13-14-50(63)58-52(46)65/h4-12,33-34,39,46,55H,13-32,35-36H2,1-3H3,(H,58,63,65). The molecule has 5 heterocycles. The Balaban J connectivity index is 0.649. The molecular weight excluding hydrogens is 975 g/mol. The summed E-state index contributed by atoms with van der Waals surface area (Å²) in [6.45, 7) is 12.1. The molecule has 1 unspecified atom stereocenters. The van der Waals surface area contributed by atoms with Crippen molar-refractivity contribution >= 4 is 59.1 Å². The van der Waals surface area contributed by atoms with Crippen molar-refractivity contribution in [3.05, 3.63) is 106 Å². The molecule has 3 aromatic carbocycles. The van der Waals surface area contributed by atoms with Gasteiger partial charge in [-0.15, -0.1) is 0 Å². The van der Waals surface area contributed by atoms with Gasteiger partial charge in [0.25, 0.3) is 5.91 Å². The van der Waals surface area contributed by atoms with Crippen LogP contribution in [0.4, 0.5) is 11.4 Å². The quantitative estimate of drug-likeness (QED) is 0.0561. The molecule has 0 saturated carbocycles. The fraction of sp³-hybridized carbons (Fsp3) is 0.509. The Bertz CT molecular complexity index is 2620. The number of anilines is 2. The van der Waals surface area contributed by atoms with Crippen LogP contribution >= 0.6 is 18.7 Å². The highest BCUT2D eigenvalue weighted by molar-refractivity contribution is 7.70. The molecular formula is C53H68ClN8O10P. The zero-order chi connectivity index (χ0) is 51.3. The Kier molecular flexibility index (Phi) is 18.9. The van der Waals surface area contributed by atoms with Gasteiger partial charge in [-0.2, -0.15) is 0 Å². The third-order valence-electron chi connectivity index (χ3n) is 13.9. The van der Waals surface area contributed by atoms with Gasteiger partial charge in [-0.1, -0.05) is 48.0 Å². The highest BCUT2D eigenvalue weighted by Gasteiger charge is 2.40. The lowest BCUT2D eigenvalue weighted by Crippen LogP contribution is -2.54. The lowest BCUT2D eigenvalue weighted by Gasteiger charge is -2.43. The normalized spacial score (nSPS) is 17.8. The number of methoxy groups -OCH3 is 1. The van der Waals surface area contributed by atoms with Crippen molar-refractivity contribution in [3.8, 4) is 5.75 Å². The molecule has 4 aromatic rings. The predicted molar refractivity (Wildman–Crippen MR) is 279 cm³/mol. The Morgan fingerprint density at radius 1 is 0.822 bits per heavy atom. The van der Waals surface area contributed by atoms with Gasteiger partial charge in [0.2, 0.25) is 17.7 Å². The largest absolute Gasteiger partial charge is 0.496 e. The number of aromatic nitrogens is 2. The van der Waals surface area contributed by atoms with E-state index in [9.17, 15) is 23.7 Å². The first-order valence-electron chi connectivity index (χ1n) is 25.2. The number of fused-ring (bicyclic) bond motifs is 1. The molecule has 3 saturated heterocycles. The van der Waals surface area contributed by atoms with Crippen LogP contribution in [0.1, 0.15) is 64.2 Å². The zero-order valence-electron chi connectivity index (χ0n) is 42.2. The molecule has 18 nitrogen and oxygen atoms in total. The number of ether oxygens (including phenoxy) is 5. The number of carbonyl (C=O) groups is 4. The zero-order valence-corrected chi connectivity index (χ0v) is 43.8. The number of imide groups is 1. The molecule has 0 radical (unpaired) electrons. The summed E-state index contributed by atoms with van der Waals surface area (Å²) >= 11 is 6.57. The van der Waals surface area contributed by atoms with Gasteiger partial charge in [0.1, 0.15) is 31.4 Å². The number of piperidine rings is 2. The number of amides is 4. The number of hydrogen-bond donors (Lipinski definition) is 2. The number of nitrogens with one attached hydrogen (secondary N) is 2. The average Bonchev–Trinajstić information content (AvgIpc) is 3.73. The molecule has 1 atom stereocenters. The summed E-state index contributed by atoms with van der Waals surface area (Å²) in [6, 6.07) is 19.4. The van der Waals surface area contributed by atoms with Gasteiger partial charge < -0.3 is 48.3 Å². The minimum Gasteiger partial charge on any atom is -0.496 e. The van der Waals surface area contributed by atoms with Crippen LogP contribution in [0.15, 0.2) is 66.9 Å². The number of hydrogen-bond acceptors (Lipinski definition) is 15. The maximum Gasteiger partial charge on any atom is 0.255 e. The van der Waals surface area contributed by atoms with Crippen molar-refractivity contribution in [2.45, 2.75) is 57.2 Å². The Morgan fingerprint density at radius 2 is 1.53 bits per heavy atom. The topological polar surface area (TPSA) is 194 Å². The SMILES string of the molecule is COc1cc(N2CCC(N3CCN(C(=O)COCCOCCOCCOCCNc4cccc5c4CN(C4CCC(=O)NC4=O)C5=O)CC3)CC2)ccc1Cc1ncc(Cl)c(Cc2ccccc2P(C)(C)=O)n1. The highest BCUT2D eigenvalue weighted by atomic mass is 35.5. The molecule has 0 spiro atoms. The summed E-state index contributed by atoms with van der Waals surface area (Å²) in [6.07, 6.45) is 5.20. The average molecular weight is 1040 g/mol. The van der Waals surface area contributed by atoms with E-state index in [2.05, 4.69) is 43.6 Å². The Morgan fingerprint density at radius 3 is 2.25 bits per heavy atom. The summed E-state index contributed by atoms with van der Waals surface area (Å²) in [4.78, 5) is 67.7. The van der Waals surface area contributed by atoms with E-state index in [1.165, 1.54) is 0 Å². The summed E-state index contributed by atoms with van der Waals surface area (Å²) in [5.74, 6) is 0.480. The second-order valence-electron chi connectivity index (χ2n) is 19.1. The van der Waals surface area contributed by atoms with E-state index < -0.39 is 19.1 Å². The number of carbonyl (C=O) groups excluding carboxylic acids is 4. The third-order valence-corrected chi connectivity index (χ3v) is 15.8. The van der Waals surface area contributed by atoms with E-state index in [1.807, 2.05) is 41.3 Å². The number of halogens is 1. The van der Waals surface area contributed by atoms with E-state index >= 15 is 0 Å². The molecule has 4 aliphatic rings. The van der Waals surface area contributed by atoms with Crippen LogP contribution < -0.4 is 25.6 Å². The van der Waals surface area contributed by atoms with Gasteiger partial charge in [-0.05, 0) is 56.4 Å². The number of benzene rings is 3. The third kappa shape index (κ3) is 14.2. The predicted octanol–water partition coefficient (Wildman–Crippen LogP) is 4.62. The van der Waals surface area contributed by atoms with Crippen molar-refractivity contribution in [2.24, 2.45) is 0 Å². The summed E-state index contributed by atoms with van der Waals surface area (Å²) in [7, 11) is -0.794. The molecule has 20 heteroatoms. The van der Waals surface area contributed by atoms with Crippen LogP contribution in [-0.4, -0.2) is 179 Å². The maximum atomic E-state index is 13.1. The number of nitrogens with zero attached hydrogens (tertiary/aromatic N) is 6. The second-order valence-corrected chi connectivity index (χ2v) is 22.7. The van der Waals surface area contributed by atoms with E-state index in [0.717, 1.165) is 78.1 Å². The Hall–Kier alpha value is -5.46. The minimum absolute atomic E-state index is 0.000491.